The predicted molar refractivity (Wildman–Crippen MR) is 136 cm³/mol. The number of benzene rings is 2. The zero-order valence-corrected chi connectivity index (χ0v) is 19.3. The van der Waals surface area contributed by atoms with E-state index in [1.54, 1.807) is 6.20 Å². The Labute approximate surface area is 199 Å². The predicted octanol–water partition coefficient (Wildman–Crippen LogP) is 5.55. The highest BCUT2D eigenvalue weighted by molar-refractivity contribution is 5.83. The summed E-state index contributed by atoms with van der Waals surface area (Å²) in [6, 6.07) is 18.7. The highest BCUT2D eigenvalue weighted by Crippen LogP contribution is 2.45. The molecule has 0 unspecified atom stereocenters. The van der Waals surface area contributed by atoms with E-state index >= 15 is 0 Å². The smallest absolute Gasteiger partial charge is 0.145 e. The highest BCUT2D eigenvalue weighted by atomic mass is 16.5. The average molecular weight is 455 g/mol. The Hall–Kier alpha value is -3.51. The molecule has 6 nitrogen and oxygen atoms in total. The molecule has 4 aromatic rings. The third-order valence-electron chi connectivity index (χ3n) is 7.21. The van der Waals surface area contributed by atoms with Crippen LogP contribution in [0.15, 0.2) is 67.0 Å². The summed E-state index contributed by atoms with van der Waals surface area (Å²) in [6.07, 6.45) is 9.52. The van der Waals surface area contributed by atoms with E-state index in [2.05, 4.69) is 68.8 Å². The van der Waals surface area contributed by atoms with Crippen LogP contribution < -0.4 is 15.0 Å². The fourth-order valence-corrected chi connectivity index (χ4v) is 5.52. The Balaban J connectivity index is 1.27. The van der Waals surface area contributed by atoms with Crippen molar-refractivity contribution >= 4 is 28.0 Å². The van der Waals surface area contributed by atoms with Gasteiger partial charge in [0.15, 0.2) is 0 Å². The number of fused-ring (bicyclic) bond motifs is 2. The lowest BCUT2D eigenvalue weighted by molar-refractivity contribution is 0.0731. The molecule has 1 fully saturated rings. The molecule has 6 rings (SSSR count). The first-order valence-electron chi connectivity index (χ1n) is 12.2. The van der Waals surface area contributed by atoms with E-state index < -0.39 is 0 Å². The average Bonchev–Trinajstić information content (AvgIpc) is 3.49. The number of H-pyrrole nitrogens is 1. The molecular formula is C28H30N4O2. The minimum absolute atomic E-state index is 0.0727. The van der Waals surface area contributed by atoms with Crippen LogP contribution >= 0.6 is 0 Å². The lowest BCUT2D eigenvalue weighted by atomic mass is 9.97. The molecule has 2 aromatic heterocycles. The second-order valence-electron chi connectivity index (χ2n) is 9.52. The highest BCUT2D eigenvalue weighted by Gasteiger charge is 2.42. The third-order valence-corrected chi connectivity index (χ3v) is 7.21. The summed E-state index contributed by atoms with van der Waals surface area (Å²) in [5.41, 5.74) is 6.15. The zero-order valence-electron chi connectivity index (χ0n) is 19.3. The Morgan fingerprint density at radius 2 is 1.91 bits per heavy atom. The molecule has 0 amide bonds. The van der Waals surface area contributed by atoms with Crippen molar-refractivity contribution in [1.29, 1.82) is 0 Å². The van der Waals surface area contributed by atoms with Crippen LogP contribution in [0.1, 0.15) is 36.9 Å². The number of anilines is 3. The molecule has 1 aliphatic heterocycles. The van der Waals surface area contributed by atoms with Crippen LogP contribution in [0.4, 0.5) is 17.1 Å². The van der Waals surface area contributed by atoms with Gasteiger partial charge in [-0.15, -0.1) is 0 Å². The van der Waals surface area contributed by atoms with E-state index in [-0.39, 0.29) is 12.2 Å². The Bertz CT molecular complexity index is 1310. The number of aromatic amines is 1. The quantitative estimate of drug-likeness (QED) is 0.356. The largest absolute Gasteiger partial charge is 0.483 e. The number of para-hydroxylation sites is 1. The normalized spacial score (nSPS) is 16.6. The Morgan fingerprint density at radius 3 is 2.79 bits per heavy atom. The number of aliphatic hydroxyl groups is 1. The fourth-order valence-electron chi connectivity index (χ4n) is 5.52. The van der Waals surface area contributed by atoms with Crippen LogP contribution in [0.25, 0.3) is 10.9 Å². The van der Waals surface area contributed by atoms with Gasteiger partial charge in [-0.25, -0.2) is 0 Å². The van der Waals surface area contributed by atoms with Crippen LogP contribution in [0.3, 0.4) is 0 Å². The number of nitrogens with zero attached hydrogens (tertiary/aromatic N) is 2. The summed E-state index contributed by atoms with van der Waals surface area (Å²) in [4.78, 5) is 10.1. The van der Waals surface area contributed by atoms with Crippen molar-refractivity contribution in [3.05, 3.63) is 78.2 Å². The minimum Gasteiger partial charge on any atom is -0.483 e. The fraction of sp³-hybridized carbons (Fsp3) is 0.321. The molecule has 34 heavy (non-hydrogen) atoms. The lowest BCUT2D eigenvalue weighted by Crippen LogP contribution is -2.49. The summed E-state index contributed by atoms with van der Waals surface area (Å²) in [6.45, 7) is 1.83. The molecule has 174 valence electrons. The van der Waals surface area contributed by atoms with Crippen LogP contribution in [0.5, 0.6) is 5.75 Å². The van der Waals surface area contributed by atoms with Crippen LogP contribution in [-0.4, -0.2) is 33.8 Å². The minimum atomic E-state index is -0.0907. The van der Waals surface area contributed by atoms with Crippen LogP contribution in [0, 0.1) is 0 Å². The van der Waals surface area contributed by atoms with Gasteiger partial charge >= 0.3 is 0 Å². The van der Waals surface area contributed by atoms with E-state index in [9.17, 15) is 5.11 Å². The number of aromatic nitrogens is 2. The van der Waals surface area contributed by atoms with Crippen molar-refractivity contribution in [2.45, 2.75) is 44.3 Å². The second kappa shape index (κ2) is 8.69. The van der Waals surface area contributed by atoms with Crippen LogP contribution in [-0.2, 0) is 13.0 Å². The number of nitrogens with one attached hydrogen (secondary N) is 2. The van der Waals surface area contributed by atoms with Gasteiger partial charge in [-0.2, -0.15) is 0 Å². The molecule has 0 radical (unpaired) electrons. The monoisotopic (exact) mass is 454 g/mol. The molecule has 2 aliphatic rings. The summed E-state index contributed by atoms with van der Waals surface area (Å²) in [5.74, 6) is 0.952. The Kier molecular flexibility index (Phi) is 5.38. The van der Waals surface area contributed by atoms with Gasteiger partial charge in [0.25, 0.3) is 0 Å². The van der Waals surface area contributed by atoms with E-state index in [0.29, 0.717) is 5.69 Å². The molecule has 0 saturated heterocycles. The molecule has 2 aromatic carbocycles. The molecule has 3 heterocycles. The van der Waals surface area contributed by atoms with E-state index in [1.807, 2.05) is 12.1 Å². The van der Waals surface area contributed by atoms with Gasteiger partial charge in [-0.1, -0.05) is 18.2 Å². The molecule has 1 saturated carbocycles. The van der Waals surface area contributed by atoms with Crippen molar-refractivity contribution in [1.82, 2.24) is 9.97 Å². The maximum absolute atomic E-state index is 9.39. The molecule has 6 heteroatoms. The van der Waals surface area contributed by atoms with Gasteiger partial charge in [0.1, 0.15) is 11.4 Å². The number of aliphatic hydroxyl groups excluding tert-OH is 1. The summed E-state index contributed by atoms with van der Waals surface area (Å²) in [5, 5.41) is 14.1. The maximum Gasteiger partial charge on any atom is 0.145 e. The summed E-state index contributed by atoms with van der Waals surface area (Å²) in [7, 11) is 0. The van der Waals surface area contributed by atoms with Gasteiger partial charge in [-0.05, 0) is 68.0 Å². The summed E-state index contributed by atoms with van der Waals surface area (Å²) >= 11 is 0. The van der Waals surface area contributed by atoms with Crippen molar-refractivity contribution < 1.29 is 9.84 Å². The van der Waals surface area contributed by atoms with Crippen molar-refractivity contribution in [3.63, 3.8) is 0 Å². The van der Waals surface area contributed by atoms with E-state index in [0.717, 1.165) is 55.2 Å². The van der Waals surface area contributed by atoms with Gasteiger partial charge < -0.3 is 25.0 Å². The van der Waals surface area contributed by atoms with E-state index in [4.69, 9.17) is 4.74 Å². The molecular weight excluding hydrogens is 424 g/mol. The number of rotatable bonds is 6. The van der Waals surface area contributed by atoms with Crippen molar-refractivity contribution in [2.75, 3.05) is 23.3 Å². The van der Waals surface area contributed by atoms with Crippen molar-refractivity contribution in [3.8, 4) is 5.75 Å². The lowest BCUT2D eigenvalue weighted by Gasteiger charge is -2.43. The molecule has 0 atom stereocenters. The standard InChI is InChI=1S/C28H30N4O2/c33-18-23-15-22(9-13-29-23)31-21-7-8-26-27(16-21)34-28(11-3-4-12-28)19-32(26)14-10-20-17-30-25-6-2-1-5-24(20)25/h1-2,5-9,13,15-17,30,33H,3-4,10-12,14,18-19H2,(H,29,31). The SMILES string of the molecule is OCc1cc(Nc2ccc3c(c2)OC2(CCCC2)CN3CCc2c[nH]c3ccccc23)ccn1. The van der Waals surface area contributed by atoms with Gasteiger partial charge in [0.2, 0.25) is 0 Å². The first kappa shape index (κ1) is 21.1. The Morgan fingerprint density at radius 1 is 1.06 bits per heavy atom. The van der Waals surface area contributed by atoms with E-state index in [1.165, 1.54) is 29.3 Å². The van der Waals surface area contributed by atoms with Crippen LogP contribution in [0.2, 0.25) is 0 Å². The number of hydrogen-bond acceptors (Lipinski definition) is 5. The summed E-state index contributed by atoms with van der Waals surface area (Å²) < 4.78 is 6.70. The molecule has 1 aliphatic carbocycles. The maximum atomic E-state index is 9.39. The van der Waals surface area contributed by atoms with Gasteiger partial charge in [0, 0.05) is 47.3 Å². The number of ether oxygens (including phenoxy) is 1. The number of pyridine rings is 1. The zero-order chi connectivity index (χ0) is 23.0. The first-order valence-corrected chi connectivity index (χ1v) is 12.2. The molecule has 0 bridgehead atoms. The third kappa shape index (κ3) is 3.99. The topological polar surface area (TPSA) is 73.4 Å². The molecule has 3 N–H and O–H groups in total. The first-order chi connectivity index (χ1) is 16.7. The van der Waals surface area contributed by atoms with Crippen molar-refractivity contribution in [2.24, 2.45) is 0 Å². The van der Waals surface area contributed by atoms with Gasteiger partial charge in [-0.3, -0.25) is 4.98 Å². The second-order valence-corrected chi connectivity index (χ2v) is 9.52. The number of hydrogen-bond donors (Lipinski definition) is 3. The van der Waals surface area contributed by atoms with Gasteiger partial charge in [0.05, 0.1) is 24.5 Å². The molecule has 1 spiro atoms.